The first kappa shape index (κ1) is 23.7. The normalized spacial score (nSPS) is 11.5. The highest BCUT2D eigenvalue weighted by Gasteiger charge is 2.18. The van der Waals surface area contributed by atoms with Crippen LogP contribution in [0.2, 0.25) is 5.02 Å². The molecule has 8 nitrogen and oxygen atoms in total. The molecule has 0 fully saturated rings. The highest BCUT2D eigenvalue weighted by molar-refractivity contribution is 7.89. The zero-order valence-corrected chi connectivity index (χ0v) is 20.3. The van der Waals surface area contributed by atoms with Gasteiger partial charge in [-0.15, -0.1) is 0 Å². The fraction of sp³-hybridized carbons (Fsp3) is 0.167. The Hall–Kier alpha value is -3.40. The van der Waals surface area contributed by atoms with Gasteiger partial charge < -0.3 is 10.2 Å². The van der Waals surface area contributed by atoms with E-state index in [1.165, 1.54) is 6.07 Å². The first-order chi connectivity index (χ1) is 16.1. The lowest BCUT2D eigenvalue weighted by molar-refractivity contribution is -0.115. The van der Waals surface area contributed by atoms with Crippen LogP contribution in [0.4, 0.5) is 11.4 Å². The number of nitrogens with one attached hydrogen (secondary N) is 1. The molecule has 0 saturated heterocycles. The zero-order chi connectivity index (χ0) is 24.5. The molecule has 1 heterocycles. The van der Waals surface area contributed by atoms with Gasteiger partial charge in [-0.1, -0.05) is 41.9 Å². The number of nitrogens with two attached hydrogens (primary N) is 1. The summed E-state index contributed by atoms with van der Waals surface area (Å²) in [4.78, 5) is 14.5. The molecule has 0 unspecified atom stereocenters. The van der Waals surface area contributed by atoms with Crippen molar-refractivity contribution in [3.05, 3.63) is 83.0 Å². The number of nitrogens with zero attached hydrogens (tertiary/aromatic N) is 3. The number of carbonyl (C=O) groups is 1. The molecule has 3 aromatic carbocycles. The van der Waals surface area contributed by atoms with Crippen LogP contribution in [0.3, 0.4) is 0 Å². The van der Waals surface area contributed by atoms with Crippen molar-refractivity contribution in [3.63, 3.8) is 0 Å². The summed E-state index contributed by atoms with van der Waals surface area (Å²) in [6.07, 6.45) is 1.68. The van der Waals surface area contributed by atoms with Crippen molar-refractivity contribution in [1.82, 2.24) is 9.78 Å². The van der Waals surface area contributed by atoms with Crippen LogP contribution in [0.25, 0.3) is 10.9 Å². The zero-order valence-electron chi connectivity index (χ0n) is 18.7. The van der Waals surface area contributed by atoms with E-state index in [4.69, 9.17) is 16.7 Å². The van der Waals surface area contributed by atoms with E-state index in [1.54, 1.807) is 41.2 Å². The summed E-state index contributed by atoms with van der Waals surface area (Å²) in [6.45, 7) is 0.445. The van der Waals surface area contributed by atoms with Crippen LogP contribution in [0.5, 0.6) is 0 Å². The molecule has 0 aliphatic rings. The van der Waals surface area contributed by atoms with Crippen LogP contribution in [0, 0.1) is 0 Å². The lowest BCUT2D eigenvalue weighted by Crippen LogP contribution is -2.16. The third-order valence-corrected chi connectivity index (χ3v) is 6.65. The summed E-state index contributed by atoms with van der Waals surface area (Å²) >= 11 is 6.14. The number of fused-ring (bicyclic) bond motifs is 1. The maximum absolute atomic E-state index is 12.6. The minimum atomic E-state index is -4.06. The summed E-state index contributed by atoms with van der Waals surface area (Å²) in [5.41, 5.74) is 3.43. The summed E-state index contributed by atoms with van der Waals surface area (Å²) in [6, 6.07) is 18.0. The van der Waals surface area contributed by atoms with Gasteiger partial charge in [-0.05, 0) is 41.5 Å². The van der Waals surface area contributed by atoms with Crippen molar-refractivity contribution in [2.45, 2.75) is 17.9 Å². The Bertz CT molecular complexity index is 1460. The van der Waals surface area contributed by atoms with E-state index >= 15 is 0 Å². The highest BCUT2D eigenvalue weighted by Crippen LogP contribution is 2.27. The third-order valence-electron chi connectivity index (χ3n) is 5.33. The quantitative estimate of drug-likeness (QED) is 0.405. The van der Waals surface area contributed by atoms with E-state index in [0.717, 1.165) is 11.3 Å². The summed E-state index contributed by atoms with van der Waals surface area (Å²) in [5, 5.41) is 13.6. The molecule has 4 rings (SSSR count). The van der Waals surface area contributed by atoms with Gasteiger partial charge in [0.25, 0.3) is 0 Å². The Labute approximate surface area is 203 Å². The second-order valence-corrected chi connectivity index (χ2v) is 10.1. The van der Waals surface area contributed by atoms with Gasteiger partial charge in [-0.25, -0.2) is 13.6 Å². The van der Waals surface area contributed by atoms with Gasteiger partial charge in [0, 0.05) is 42.1 Å². The third kappa shape index (κ3) is 5.39. The predicted molar refractivity (Wildman–Crippen MR) is 135 cm³/mol. The fourth-order valence-electron chi connectivity index (χ4n) is 3.64. The molecular weight excluding hydrogens is 474 g/mol. The minimum Gasteiger partial charge on any atom is -0.378 e. The molecule has 34 heavy (non-hydrogen) atoms. The Kier molecular flexibility index (Phi) is 6.60. The van der Waals surface area contributed by atoms with Crippen molar-refractivity contribution >= 4 is 49.8 Å². The Morgan fingerprint density at radius 3 is 2.47 bits per heavy atom. The molecule has 1 amide bonds. The molecule has 176 valence electrons. The van der Waals surface area contributed by atoms with Gasteiger partial charge in [0.2, 0.25) is 15.9 Å². The van der Waals surface area contributed by atoms with Gasteiger partial charge in [0.05, 0.1) is 23.4 Å². The number of aromatic nitrogens is 2. The summed E-state index contributed by atoms with van der Waals surface area (Å²) in [5.74, 6) is -0.340. The largest absolute Gasteiger partial charge is 0.378 e. The number of hydrogen-bond acceptors (Lipinski definition) is 5. The number of hydrogen-bond donors (Lipinski definition) is 2. The number of benzene rings is 3. The van der Waals surface area contributed by atoms with E-state index in [0.29, 0.717) is 28.0 Å². The molecule has 10 heteroatoms. The first-order valence-corrected chi connectivity index (χ1v) is 12.4. The smallest absolute Gasteiger partial charge is 0.238 e. The Balaban J connectivity index is 1.63. The number of amides is 1. The lowest BCUT2D eigenvalue weighted by atomic mass is 10.1. The molecule has 0 aliphatic carbocycles. The molecule has 0 bridgehead atoms. The van der Waals surface area contributed by atoms with Gasteiger partial charge in [0.1, 0.15) is 0 Å². The van der Waals surface area contributed by atoms with Gasteiger partial charge in [0.15, 0.2) is 0 Å². The minimum absolute atomic E-state index is 0.0415. The van der Waals surface area contributed by atoms with E-state index in [9.17, 15) is 13.2 Å². The molecule has 3 N–H and O–H groups in total. The van der Waals surface area contributed by atoms with Crippen LogP contribution in [0.15, 0.2) is 71.8 Å². The van der Waals surface area contributed by atoms with Crippen molar-refractivity contribution in [3.8, 4) is 0 Å². The van der Waals surface area contributed by atoms with Crippen molar-refractivity contribution in [1.29, 1.82) is 0 Å². The molecule has 0 atom stereocenters. The monoisotopic (exact) mass is 497 g/mol. The maximum atomic E-state index is 12.6. The van der Waals surface area contributed by atoms with Crippen LogP contribution < -0.4 is 15.4 Å². The van der Waals surface area contributed by atoms with Crippen LogP contribution in [0.1, 0.15) is 11.1 Å². The number of rotatable bonds is 7. The first-order valence-electron chi connectivity index (χ1n) is 10.4. The van der Waals surface area contributed by atoms with Gasteiger partial charge in [-0.2, -0.15) is 5.10 Å². The molecule has 1 aromatic heterocycles. The number of carbonyl (C=O) groups excluding carboxylic acids is 1. The average molecular weight is 498 g/mol. The van der Waals surface area contributed by atoms with Crippen LogP contribution in [-0.2, 0) is 27.8 Å². The number of sulfonamides is 1. The summed E-state index contributed by atoms with van der Waals surface area (Å²) < 4.78 is 26.2. The van der Waals surface area contributed by atoms with Gasteiger partial charge >= 0.3 is 0 Å². The molecular formula is C24H24ClN5O3S. The second-order valence-electron chi connectivity index (χ2n) is 8.16. The van der Waals surface area contributed by atoms with Gasteiger partial charge in [-0.3, -0.25) is 9.48 Å². The summed E-state index contributed by atoms with van der Waals surface area (Å²) in [7, 11) is -0.125. The SMILES string of the molecule is CN(C)c1ccc(Cn2cc3c(S(N)(=O)=O)cc(NC(=O)Cc4ccccc4Cl)cc3n2)cc1. The van der Waals surface area contributed by atoms with Crippen molar-refractivity contribution in [2.24, 2.45) is 5.14 Å². The number of halogens is 1. The molecule has 0 spiro atoms. The molecule has 4 aromatic rings. The van der Waals surface area contributed by atoms with Crippen LogP contribution in [-0.4, -0.2) is 38.2 Å². The predicted octanol–water partition coefficient (Wildman–Crippen LogP) is 3.63. The molecule has 0 radical (unpaired) electrons. The standard InChI is InChI=1S/C24H24ClN5O3S/c1-29(2)19-9-7-16(8-10-19)14-30-15-20-22(28-30)12-18(13-23(20)34(26,32)33)27-24(31)11-17-5-3-4-6-21(17)25/h3-10,12-13,15H,11,14H2,1-2H3,(H,27,31)(H2,26,32,33). The van der Waals surface area contributed by atoms with Crippen molar-refractivity contribution < 1.29 is 13.2 Å². The number of primary sulfonamides is 1. The lowest BCUT2D eigenvalue weighted by Gasteiger charge is -2.12. The fourth-order valence-corrected chi connectivity index (χ4v) is 4.59. The Morgan fingerprint density at radius 2 is 1.82 bits per heavy atom. The van der Waals surface area contributed by atoms with Crippen LogP contribution >= 0.6 is 11.6 Å². The van der Waals surface area contributed by atoms with E-state index in [1.807, 2.05) is 43.3 Å². The van der Waals surface area contributed by atoms with E-state index in [2.05, 4.69) is 10.4 Å². The Morgan fingerprint density at radius 1 is 1.12 bits per heavy atom. The molecule has 0 aliphatic heterocycles. The second kappa shape index (κ2) is 9.46. The molecule has 0 saturated carbocycles. The average Bonchev–Trinajstić information content (AvgIpc) is 3.16. The van der Waals surface area contributed by atoms with E-state index in [-0.39, 0.29) is 22.9 Å². The number of anilines is 2. The highest BCUT2D eigenvalue weighted by atomic mass is 35.5. The maximum Gasteiger partial charge on any atom is 0.238 e. The topological polar surface area (TPSA) is 110 Å². The van der Waals surface area contributed by atoms with Crippen molar-refractivity contribution in [2.75, 3.05) is 24.3 Å². The van der Waals surface area contributed by atoms with E-state index < -0.39 is 10.0 Å².